The molecule has 1 atom stereocenters. The Morgan fingerprint density at radius 3 is 2.89 bits per heavy atom. The van der Waals surface area contributed by atoms with Crippen molar-refractivity contribution in [3.05, 3.63) is 16.5 Å². The van der Waals surface area contributed by atoms with Gasteiger partial charge in [0.2, 0.25) is 10.0 Å². The number of hydrogen-bond donors (Lipinski definition) is 2. The molecular weight excluding hydrogens is 338 g/mol. The van der Waals surface area contributed by atoms with Crippen molar-refractivity contribution in [2.45, 2.75) is 36.9 Å². The summed E-state index contributed by atoms with van der Waals surface area (Å²) in [5.41, 5.74) is 0. The van der Waals surface area contributed by atoms with Gasteiger partial charge in [-0.2, -0.15) is 0 Å². The first-order chi connectivity index (χ1) is 9.03. The van der Waals surface area contributed by atoms with Gasteiger partial charge in [0.05, 0.1) is 6.10 Å². The average Bonchev–Trinajstić information content (AvgIpc) is 2.98. The van der Waals surface area contributed by atoms with Crippen molar-refractivity contribution in [1.29, 1.82) is 0 Å². The van der Waals surface area contributed by atoms with Crippen molar-refractivity contribution < 1.29 is 22.7 Å². The predicted molar refractivity (Wildman–Crippen MR) is 71.1 cm³/mol. The van der Waals surface area contributed by atoms with Gasteiger partial charge in [-0.1, -0.05) is 0 Å². The molecule has 0 amide bonds. The van der Waals surface area contributed by atoms with Crippen LogP contribution < -0.4 is 4.72 Å². The van der Waals surface area contributed by atoms with Crippen LogP contribution in [-0.4, -0.2) is 32.8 Å². The zero-order valence-electron chi connectivity index (χ0n) is 10.3. The maximum Gasteiger partial charge on any atom is 0.244 e. The SMILES string of the molecule is O=S(=O)(NCCC1CCCO1)c1cc(CO)oc1Br. The van der Waals surface area contributed by atoms with E-state index in [0.717, 1.165) is 19.4 Å². The largest absolute Gasteiger partial charge is 0.450 e. The average molecular weight is 354 g/mol. The summed E-state index contributed by atoms with van der Waals surface area (Å²) in [6, 6.07) is 1.30. The van der Waals surface area contributed by atoms with Gasteiger partial charge in [-0.3, -0.25) is 0 Å². The maximum absolute atomic E-state index is 12.0. The first-order valence-electron chi connectivity index (χ1n) is 6.03. The van der Waals surface area contributed by atoms with E-state index in [2.05, 4.69) is 20.7 Å². The number of nitrogens with one attached hydrogen (secondary N) is 1. The molecule has 1 saturated heterocycles. The van der Waals surface area contributed by atoms with Crippen molar-refractivity contribution in [3.63, 3.8) is 0 Å². The second kappa shape index (κ2) is 6.36. The van der Waals surface area contributed by atoms with E-state index in [1.807, 2.05) is 0 Å². The van der Waals surface area contributed by atoms with Crippen molar-refractivity contribution in [1.82, 2.24) is 4.72 Å². The lowest BCUT2D eigenvalue weighted by atomic mass is 10.2. The number of rotatable bonds is 6. The van der Waals surface area contributed by atoms with Crippen molar-refractivity contribution >= 4 is 26.0 Å². The van der Waals surface area contributed by atoms with Crippen molar-refractivity contribution in [2.24, 2.45) is 0 Å². The third kappa shape index (κ3) is 3.79. The van der Waals surface area contributed by atoms with Crippen LogP contribution in [0.2, 0.25) is 0 Å². The number of hydrogen-bond acceptors (Lipinski definition) is 5. The molecule has 2 heterocycles. The van der Waals surface area contributed by atoms with Gasteiger partial charge in [-0.05, 0) is 35.2 Å². The Labute approximate surface area is 120 Å². The van der Waals surface area contributed by atoms with Crippen LogP contribution >= 0.6 is 15.9 Å². The lowest BCUT2D eigenvalue weighted by Gasteiger charge is -2.09. The summed E-state index contributed by atoms with van der Waals surface area (Å²) in [6.07, 6.45) is 2.81. The third-order valence-electron chi connectivity index (χ3n) is 2.93. The van der Waals surface area contributed by atoms with Crippen LogP contribution in [-0.2, 0) is 21.4 Å². The van der Waals surface area contributed by atoms with E-state index in [0.29, 0.717) is 13.0 Å². The summed E-state index contributed by atoms with van der Waals surface area (Å²) in [6.45, 7) is 0.730. The molecule has 1 aliphatic heterocycles. The smallest absolute Gasteiger partial charge is 0.244 e. The van der Waals surface area contributed by atoms with Crippen LogP contribution in [0.5, 0.6) is 0 Å². The number of furan rings is 1. The van der Waals surface area contributed by atoms with Crippen LogP contribution in [0, 0.1) is 0 Å². The first kappa shape index (κ1) is 15.0. The number of aliphatic hydroxyl groups excluding tert-OH is 1. The molecule has 0 spiro atoms. The zero-order valence-corrected chi connectivity index (χ0v) is 12.7. The molecule has 1 aliphatic rings. The highest BCUT2D eigenvalue weighted by molar-refractivity contribution is 9.10. The summed E-state index contributed by atoms with van der Waals surface area (Å²) < 4.78 is 37.1. The van der Waals surface area contributed by atoms with Gasteiger partial charge >= 0.3 is 0 Å². The Hall–Kier alpha value is -0.410. The fourth-order valence-electron chi connectivity index (χ4n) is 1.96. The Morgan fingerprint density at radius 1 is 1.53 bits per heavy atom. The monoisotopic (exact) mass is 353 g/mol. The molecule has 1 aromatic rings. The molecule has 19 heavy (non-hydrogen) atoms. The summed E-state index contributed by atoms with van der Waals surface area (Å²) in [5.74, 6) is 0.200. The van der Waals surface area contributed by atoms with Gasteiger partial charge < -0.3 is 14.3 Å². The molecule has 6 nitrogen and oxygen atoms in total. The molecule has 0 saturated carbocycles. The quantitative estimate of drug-likeness (QED) is 0.806. The molecule has 0 radical (unpaired) electrons. The molecule has 2 rings (SSSR count). The van der Waals surface area contributed by atoms with E-state index in [-0.39, 0.29) is 28.0 Å². The van der Waals surface area contributed by atoms with Crippen LogP contribution in [0.25, 0.3) is 0 Å². The number of ether oxygens (including phenoxy) is 1. The summed E-state index contributed by atoms with van der Waals surface area (Å²) in [5, 5.41) is 8.91. The van der Waals surface area contributed by atoms with Crippen molar-refractivity contribution in [2.75, 3.05) is 13.2 Å². The molecule has 0 aromatic carbocycles. The van der Waals surface area contributed by atoms with E-state index in [4.69, 9.17) is 14.3 Å². The van der Waals surface area contributed by atoms with Gasteiger partial charge in [0.25, 0.3) is 0 Å². The highest BCUT2D eigenvalue weighted by Gasteiger charge is 2.23. The van der Waals surface area contributed by atoms with E-state index >= 15 is 0 Å². The lowest BCUT2D eigenvalue weighted by molar-refractivity contribution is 0.105. The minimum Gasteiger partial charge on any atom is -0.450 e. The third-order valence-corrected chi connectivity index (χ3v) is 5.25. The number of aliphatic hydroxyl groups is 1. The molecular formula is C11H16BrNO5S. The van der Waals surface area contributed by atoms with E-state index in [1.165, 1.54) is 6.07 Å². The fraction of sp³-hybridized carbons (Fsp3) is 0.636. The molecule has 1 fully saturated rings. The zero-order chi connectivity index (χ0) is 13.9. The van der Waals surface area contributed by atoms with Crippen LogP contribution in [0.4, 0.5) is 0 Å². The summed E-state index contributed by atoms with van der Waals surface area (Å²) in [7, 11) is -3.63. The Balaban J connectivity index is 1.95. The molecule has 0 aliphatic carbocycles. The van der Waals surface area contributed by atoms with Gasteiger partial charge in [0.15, 0.2) is 4.67 Å². The topological polar surface area (TPSA) is 88.8 Å². The van der Waals surface area contributed by atoms with E-state index in [9.17, 15) is 8.42 Å². The molecule has 8 heteroatoms. The maximum atomic E-state index is 12.0. The summed E-state index contributed by atoms with van der Waals surface area (Å²) in [4.78, 5) is 0.00360. The molecule has 108 valence electrons. The highest BCUT2D eigenvalue weighted by Crippen LogP contribution is 2.26. The number of halogens is 1. The van der Waals surface area contributed by atoms with E-state index < -0.39 is 10.0 Å². The first-order valence-corrected chi connectivity index (χ1v) is 8.31. The summed E-state index contributed by atoms with van der Waals surface area (Å²) >= 11 is 3.03. The highest BCUT2D eigenvalue weighted by atomic mass is 79.9. The standard InChI is InChI=1S/C11H16BrNO5S/c12-11-10(6-9(7-14)18-11)19(15,16)13-4-3-8-2-1-5-17-8/h6,8,13-14H,1-5,7H2. The van der Waals surface area contributed by atoms with Gasteiger partial charge in [-0.15, -0.1) is 0 Å². The van der Waals surface area contributed by atoms with Gasteiger partial charge in [-0.25, -0.2) is 13.1 Å². The van der Waals surface area contributed by atoms with Gasteiger partial charge in [0, 0.05) is 19.2 Å². The molecule has 0 bridgehead atoms. The van der Waals surface area contributed by atoms with Crippen LogP contribution in [0.15, 0.2) is 20.0 Å². The minimum absolute atomic E-state index is 0.00360. The molecule has 1 aromatic heterocycles. The predicted octanol–water partition coefficient (Wildman–Crippen LogP) is 1.38. The Kier molecular flexibility index (Phi) is 5.02. The van der Waals surface area contributed by atoms with Crippen LogP contribution in [0.3, 0.4) is 0 Å². The van der Waals surface area contributed by atoms with Crippen molar-refractivity contribution in [3.8, 4) is 0 Å². The van der Waals surface area contributed by atoms with Crippen LogP contribution in [0.1, 0.15) is 25.0 Å². The lowest BCUT2D eigenvalue weighted by Crippen LogP contribution is -2.27. The number of sulfonamides is 1. The normalized spacial score (nSPS) is 20.0. The molecule has 1 unspecified atom stereocenters. The second-order valence-electron chi connectivity index (χ2n) is 4.33. The Morgan fingerprint density at radius 2 is 2.32 bits per heavy atom. The molecule has 2 N–H and O–H groups in total. The second-order valence-corrected chi connectivity index (χ2v) is 6.79. The fourth-order valence-corrected chi connectivity index (χ4v) is 4.01. The minimum atomic E-state index is -3.63. The van der Waals surface area contributed by atoms with E-state index in [1.54, 1.807) is 0 Å². The van der Waals surface area contributed by atoms with Gasteiger partial charge in [0.1, 0.15) is 17.3 Å². The Bertz CT molecular complexity index is 521.